The number of hydrogen-bond donors (Lipinski definition) is 0. The largest absolute Gasteiger partial charge is 0.497 e. The van der Waals surface area contributed by atoms with Crippen molar-refractivity contribution in [3.8, 4) is 5.75 Å². The molecular weight excluding hydrogens is 202 g/mol. The van der Waals surface area contributed by atoms with Crippen molar-refractivity contribution in [2.75, 3.05) is 12.2 Å². The predicted octanol–water partition coefficient (Wildman–Crippen LogP) is 2.53. The van der Waals surface area contributed by atoms with Crippen LogP contribution in [-0.4, -0.2) is 19.3 Å². The Morgan fingerprint density at radius 3 is 2.50 bits per heavy atom. The van der Waals surface area contributed by atoms with Gasteiger partial charge in [-0.05, 0) is 37.1 Å². The van der Waals surface area contributed by atoms with Gasteiger partial charge in [0.15, 0.2) is 0 Å². The first-order chi connectivity index (χ1) is 7.86. The average Bonchev–Trinajstić information content (AvgIpc) is 2.40. The second-order valence-corrected chi connectivity index (χ2v) is 4.20. The van der Waals surface area contributed by atoms with Crippen LogP contribution < -0.4 is 9.80 Å². The molecule has 0 N–H and O–H groups in total. The van der Waals surface area contributed by atoms with Crippen LogP contribution in [0.15, 0.2) is 36.4 Å². The molecule has 0 aromatic heterocycles. The molecule has 0 unspecified atom stereocenters. The molecule has 2 heterocycles. The highest BCUT2D eigenvalue weighted by molar-refractivity contribution is 5.49. The van der Waals surface area contributed by atoms with E-state index in [1.54, 1.807) is 7.11 Å². The van der Waals surface area contributed by atoms with E-state index in [1.807, 2.05) is 29.3 Å². The summed E-state index contributed by atoms with van der Waals surface area (Å²) in [6.07, 6.45) is 6.96. The van der Waals surface area contributed by atoms with Crippen molar-refractivity contribution in [3.05, 3.63) is 36.4 Å². The second kappa shape index (κ2) is 3.83. The summed E-state index contributed by atoms with van der Waals surface area (Å²) in [6.45, 7) is 0. The highest BCUT2D eigenvalue weighted by Crippen LogP contribution is 2.32. The van der Waals surface area contributed by atoms with E-state index in [-0.39, 0.29) is 6.10 Å². The van der Waals surface area contributed by atoms with Gasteiger partial charge < -0.3 is 4.74 Å². The van der Waals surface area contributed by atoms with Crippen LogP contribution in [0.2, 0.25) is 0 Å². The van der Waals surface area contributed by atoms with E-state index in [9.17, 15) is 0 Å². The molecule has 0 saturated carbocycles. The van der Waals surface area contributed by atoms with E-state index >= 15 is 0 Å². The van der Waals surface area contributed by atoms with Gasteiger partial charge in [-0.1, -0.05) is 12.2 Å². The Morgan fingerprint density at radius 1 is 1.19 bits per heavy atom. The molecule has 0 radical (unpaired) electrons. The Bertz CT molecular complexity index is 399. The van der Waals surface area contributed by atoms with Crippen LogP contribution in [0.4, 0.5) is 5.69 Å². The number of benzene rings is 1. The Kier molecular flexibility index (Phi) is 2.33. The van der Waals surface area contributed by atoms with Crippen molar-refractivity contribution in [1.29, 1.82) is 0 Å². The molecule has 3 aliphatic rings. The standard InChI is InChI=1S/C13H15NO2/c1-15-12-6-2-10(3-7-12)14-11-4-8-13(16-14)9-5-11/h2-4,6-8,11,13H,5,9H2,1H3/t11-,13+/m0/s1. The third-order valence-corrected chi connectivity index (χ3v) is 3.17. The minimum Gasteiger partial charge on any atom is -0.497 e. The number of hydrogen-bond acceptors (Lipinski definition) is 3. The zero-order chi connectivity index (χ0) is 11.0. The predicted molar refractivity (Wildman–Crippen MR) is 62.5 cm³/mol. The lowest BCUT2D eigenvalue weighted by atomic mass is 9.98. The zero-order valence-electron chi connectivity index (χ0n) is 9.30. The number of hydroxylamine groups is 1. The van der Waals surface area contributed by atoms with E-state index < -0.39 is 0 Å². The summed E-state index contributed by atoms with van der Waals surface area (Å²) in [4.78, 5) is 5.85. The summed E-state index contributed by atoms with van der Waals surface area (Å²) in [6, 6.07) is 8.38. The number of anilines is 1. The summed E-state index contributed by atoms with van der Waals surface area (Å²) < 4.78 is 5.15. The fourth-order valence-electron chi connectivity index (χ4n) is 2.27. The van der Waals surface area contributed by atoms with Crippen LogP contribution in [0.1, 0.15) is 12.8 Å². The molecule has 2 aliphatic heterocycles. The van der Waals surface area contributed by atoms with Crippen LogP contribution in [0.5, 0.6) is 5.75 Å². The first-order valence-electron chi connectivity index (χ1n) is 5.65. The normalized spacial score (nSPS) is 27.2. The van der Waals surface area contributed by atoms with Gasteiger partial charge in [0, 0.05) is 0 Å². The van der Waals surface area contributed by atoms with Crippen molar-refractivity contribution in [1.82, 2.24) is 0 Å². The molecule has 4 rings (SSSR count). The molecular formula is C13H15NO2. The summed E-state index contributed by atoms with van der Waals surface area (Å²) >= 11 is 0. The highest BCUT2D eigenvalue weighted by Gasteiger charge is 2.31. The monoisotopic (exact) mass is 217 g/mol. The third kappa shape index (κ3) is 1.57. The molecule has 0 spiro atoms. The maximum atomic E-state index is 5.85. The van der Waals surface area contributed by atoms with E-state index in [4.69, 9.17) is 9.57 Å². The average molecular weight is 217 g/mol. The molecule has 1 aromatic carbocycles. The van der Waals surface area contributed by atoms with Gasteiger partial charge >= 0.3 is 0 Å². The summed E-state index contributed by atoms with van der Waals surface area (Å²) in [5, 5.41) is 2.01. The SMILES string of the molecule is COc1ccc(N2O[C@@H]3C=C[C@H]2CC3)cc1. The molecule has 16 heavy (non-hydrogen) atoms. The molecule has 2 atom stereocenters. The van der Waals surface area contributed by atoms with Crippen LogP contribution in [0.25, 0.3) is 0 Å². The van der Waals surface area contributed by atoms with Crippen LogP contribution in [0, 0.1) is 0 Å². The molecule has 1 fully saturated rings. The van der Waals surface area contributed by atoms with Gasteiger partial charge in [-0.3, -0.25) is 4.84 Å². The maximum Gasteiger partial charge on any atom is 0.119 e. The van der Waals surface area contributed by atoms with Gasteiger partial charge in [0.2, 0.25) is 0 Å². The van der Waals surface area contributed by atoms with Crippen molar-refractivity contribution in [2.45, 2.75) is 25.0 Å². The number of rotatable bonds is 2. The van der Waals surface area contributed by atoms with E-state index in [0.29, 0.717) is 6.04 Å². The molecule has 0 amide bonds. The fraction of sp³-hybridized carbons (Fsp3) is 0.385. The Morgan fingerprint density at radius 2 is 2.00 bits per heavy atom. The van der Waals surface area contributed by atoms with Gasteiger partial charge in [-0.2, -0.15) is 0 Å². The second-order valence-electron chi connectivity index (χ2n) is 4.20. The van der Waals surface area contributed by atoms with Gasteiger partial charge in [-0.25, -0.2) is 5.06 Å². The maximum absolute atomic E-state index is 5.85. The number of nitrogens with zero attached hydrogens (tertiary/aromatic N) is 1. The Labute approximate surface area is 95.2 Å². The molecule has 84 valence electrons. The molecule has 1 aromatic rings. The number of methoxy groups -OCH3 is 1. The third-order valence-electron chi connectivity index (χ3n) is 3.17. The molecule has 2 bridgehead atoms. The number of fused-ring (bicyclic) bond motifs is 2. The smallest absolute Gasteiger partial charge is 0.119 e. The van der Waals surface area contributed by atoms with E-state index in [1.165, 1.54) is 6.42 Å². The quantitative estimate of drug-likeness (QED) is 0.710. The molecule has 3 heteroatoms. The summed E-state index contributed by atoms with van der Waals surface area (Å²) in [5.74, 6) is 0.876. The fourth-order valence-corrected chi connectivity index (χ4v) is 2.27. The molecule has 3 nitrogen and oxygen atoms in total. The van der Waals surface area contributed by atoms with Gasteiger partial charge in [0.25, 0.3) is 0 Å². The van der Waals surface area contributed by atoms with Crippen molar-refractivity contribution in [3.63, 3.8) is 0 Å². The van der Waals surface area contributed by atoms with Gasteiger partial charge in [0.05, 0.1) is 18.8 Å². The summed E-state index contributed by atoms with van der Waals surface area (Å²) in [7, 11) is 1.68. The van der Waals surface area contributed by atoms with Gasteiger partial charge in [-0.15, -0.1) is 0 Å². The molecule has 1 aliphatic carbocycles. The van der Waals surface area contributed by atoms with Crippen molar-refractivity contribution in [2.24, 2.45) is 0 Å². The van der Waals surface area contributed by atoms with Crippen molar-refractivity contribution >= 4 is 5.69 Å². The zero-order valence-corrected chi connectivity index (χ0v) is 9.30. The van der Waals surface area contributed by atoms with Crippen LogP contribution in [-0.2, 0) is 4.84 Å². The Balaban J connectivity index is 1.84. The highest BCUT2D eigenvalue weighted by atomic mass is 16.7. The van der Waals surface area contributed by atoms with Gasteiger partial charge in [0.1, 0.15) is 11.9 Å². The molecule has 1 saturated heterocycles. The van der Waals surface area contributed by atoms with E-state index in [0.717, 1.165) is 17.9 Å². The minimum atomic E-state index is 0.257. The van der Waals surface area contributed by atoms with E-state index in [2.05, 4.69) is 12.2 Å². The number of ether oxygens (including phenoxy) is 1. The van der Waals surface area contributed by atoms with Crippen molar-refractivity contribution < 1.29 is 9.57 Å². The van der Waals surface area contributed by atoms with Crippen LogP contribution in [0.3, 0.4) is 0 Å². The lowest BCUT2D eigenvalue weighted by Crippen LogP contribution is -2.45. The first kappa shape index (κ1) is 9.73. The minimum absolute atomic E-state index is 0.257. The Hall–Kier alpha value is -1.48. The lowest BCUT2D eigenvalue weighted by Gasteiger charge is -2.41. The first-order valence-corrected chi connectivity index (χ1v) is 5.65. The van der Waals surface area contributed by atoms with Crippen LogP contribution >= 0.6 is 0 Å². The summed E-state index contributed by atoms with van der Waals surface area (Å²) in [5.41, 5.74) is 1.10. The lowest BCUT2D eigenvalue weighted by molar-refractivity contribution is 0.00352. The topological polar surface area (TPSA) is 21.7 Å².